The van der Waals surface area contributed by atoms with Crippen molar-refractivity contribution in [1.29, 1.82) is 0 Å². The van der Waals surface area contributed by atoms with Crippen LogP contribution >= 0.6 is 11.6 Å². The first-order valence-electron chi connectivity index (χ1n) is 4.98. The lowest BCUT2D eigenvalue weighted by atomic mass is 10.1. The third kappa shape index (κ3) is 4.19. The summed E-state index contributed by atoms with van der Waals surface area (Å²) in [5, 5.41) is 8.55. The van der Waals surface area contributed by atoms with Crippen molar-refractivity contribution in [2.45, 2.75) is 25.1 Å². The van der Waals surface area contributed by atoms with Crippen molar-refractivity contribution in [2.75, 3.05) is 0 Å². The molecule has 0 aromatic carbocycles. The first kappa shape index (κ1) is 16.4. The van der Waals surface area contributed by atoms with Crippen LogP contribution in [-0.2, 0) is 17.1 Å². The molecule has 0 saturated heterocycles. The second kappa shape index (κ2) is 6.21. The normalized spacial score (nSPS) is 11.8. The van der Waals surface area contributed by atoms with Crippen molar-refractivity contribution in [1.82, 2.24) is 4.98 Å². The quantitative estimate of drug-likeness (QED) is 0.668. The summed E-state index contributed by atoms with van der Waals surface area (Å²) < 4.78 is 66.1. The molecule has 1 N–H and O–H groups in total. The van der Waals surface area contributed by atoms with E-state index < -0.39 is 53.6 Å². The highest BCUT2D eigenvalue weighted by molar-refractivity contribution is 6.17. The topological polar surface area (TPSA) is 59.4 Å². The van der Waals surface area contributed by atoms with Gasteiger partial charge in [0.1, 0.15) is 5.75 Å². The molecule has 0 bridgehead atoms. The van der Waals surface area contributed by atoms with Gasteiger partial charge in [-0.3, -0.25) is 9.78 Å². The molecule has 0 unspecified atom stereocenters. The van der Waals surface area contributed by atoms with Gasteiger partial charge in [-0.05, 0) is 0 Å². The van der Waals surface area contributed by atoms with Gasteiger partial charge in [-0.15, -0.1) is 24.8 Å². The Morgan fingerprint density at radius 3 is 2.45 bits per heavy atom. The number of carbonyl (C=O) groups is 1. The molecule has 0 saturated carbocycles. The molecule has 10 heteroatoms. The van der Waals surface area contributed by atoms with Crippen molar-refractivity contribution < 1.29 is 36.6 Å². The third-order valence-corrected chi connectivity index (χ3v) is 2.41. The smallest absolute Gasteiger partial charge is 0.481 e. The largest absolute Gasteiger partial charge is 0.573 e. The summed E-state index contributed by atoms with van der Waals surface area (Å²) in [5.74, 6) is -3.27. The van der Waals surface area contributed by atoms with Gasteiger partial charge in [-0.25, -0.2) is 8.78 Å². The zero-order valence-electron chi connectivity index (χ0n) is 9.55. The fourth-order valence-electron chi connectivity index (χ4n) is 1.43. The number of alkyl halides is 6. The van der Waals surface area contributed by atoms with Gasteiger partial charge in [0.05, 0.1) is 23.6 Å². The number of carboxylic acids is 1. The number of rotatable bonds is 5. The lowest BCUT2D eigenvalue weighted by Crippen LogP contribution is -2.21. The number of halogens is 6. The molecule has 0 aliphatic carbocycles. The highest BCUT2D eigenvalue weighted by Gasteiger charge is 2.36. The highest BCUT2D eigenvalue weighted by Crippen LogP contribution is 2.38. The number of aromatic nitrogens is 1. The third-order valence-electron chi connectivity index (χ3n) is 2.12. The van der Waals surface area contributed by atoms with Crippen LogP contribution in [0, 0.1) is 0 Å². The lowest BCUT2D eigenvalue weighted by molar-refractivity contribution is -0.275. The van der Waals surface area contributed by atoms with E-state index in [2.05, 4.69) is 9.72 Å². The Hall–Kier alpha value is -1.64. The molecular weight excluding hydrogens is 313 g/mol. The van der Waals surface area contributed by atoms with Crippen molar-refractivity contribution in [3.8, 4) is 5.75 Å². The molecule has 0 radical (unpaired) electrons. The van der Waals surface area contributed by atoms with Gasteiger partial charge in [0.15, 0.2) is 0 Å². The Kier molecular flexibility index (Phi) is 5.09. The molecule has 1 rings (SSSR count). The molecule has 0 atom stereocenters. The highest BCUT2D eigenvalue weighted by atomic mass is 35.5. The average Bonchev–Trinajstić information content (AvgIpc) is 2.25. The minimum Gasteiger partial charge on any atom is -0.481 e. The maximum absolute atomic E-state index is 12.9. The number of hydrogen-bond acceptors (Lipinski definition) is 3. The molecular formula is C10H7ClF5NO3. The maximum Gasteiger partial charge on any atom is 0.573 e. The Morgan fingerprint density at radius 1 is 1.45 bits per heavy atom. The Bertz CT molecular complexity index is 506. The van der Waals surface area contributed by atoms with Crippen LogP contribution in [0.4, 0.5) is 22.0 Å². The van der Waals surface area contributed by atoms with Gasteiger partial charge in [0.25, 0.3) is 6.43 Å². The molecule has 4 nitrogen and oxygen atoms in total. The summed E-state index contributed by atoms with van der Waals surface area (Å²) in [6, 6.07) is 0. The van der Waals surface area contributed by atoms with Crippen LogP contribution in [0.3, 0.4) is 0 Å². The zero-order valence-corrected chi connectivity index (χ0v) is 10.3. The average molecular weight is 320 g/mol. The van der Waals surface area contributed by atoms with Crippen molar-refractivity contribution in [2.24, 2.45) is 0 Å². The van der Waals surface area contributed by atoms with Gasteiger partial charge < -0.3 is 9.84 Å². The monoisotopic (exact) mass is 319 g/mol. The Morgan fingerprint density at radius 2 is 2.05 bits per heavy atom. The molecule has 1 aromatic heterocycles. The predicted molar refractivity (Wildman–Crippen MR) is 56.8 cm³/mol. The van der Waals surface area contributed by atoms with Crippen LogP contribution in [0.15, 0.2) is 6.20 Å². The predicted octanol–water partition coefficient (Wildman–Crippen LogP) is 3.28. The molecule has 0 amide bonds. The minimum atomic E-state index is -5.22. The minimum absolute atomic E-state index is 0.409. The summed E-state index contributed by atoms with van der Waals surface area (Å²) in [5.41, 5.74) is -2.34. The van der Waals surface area contributed by atoms with Gasteiger partial charge in [0.2, 0.25) is 0 Å². The zero-order chi connectivity index (χ0) is 15.5. The molecule has 0 fully saturated rings. The van der Waals surface area contributed by atoms with Crippen molar-refractivity contribution in [3.05, 3.63) is 23.0 Å². The molecule has 1 aromatic rings. The van der Waals surface area contributed by atoms with Crippen LogP contribution in [0.5, 0.6) is 5.75 Å². The number of pyridine rings is 1. The first-order valence-corrected chi connectivity index (χ1v) is 5.51. The standard InChI is InChI=1S/C10H7ClF5NO3/c11-2-4-3-17-5(1-6(18)19)7(9(12)13)8(4)20-10(14,15)16/h3,9H,1-2H2,(H,18,19). The lowest BCUT2D eigenvalue weighted by Gasteiger charge is -2.17. The number of nitrogens with zero attached hydrogens (tertiary/aromatic N) is 1. The van der Waals surface area contributed by atoms with E-state index in [0.29, 0.717) is 0 Å². The summed E-state index contributed by atoms with van der Waals surface area (Å²) in [4.78, 5) is 13.9. The Labute approximate surface area is 114 Å². The van der Waals surface area contributed by atoms with E-state index >= 15 is 0 Å². The van der Waals surface area contributed by atoms with Gasteiger partial charge in [0, 0.05) is 11.8 Å². The Balaban J connectivity index is 3.44. The van der Waals surface area contributed by atoms with E-state index in [9.17, 15) is 26.7 Å². The molecule has 112 valence electrons. The van der Waals surface area contributed by atoms with Crippen LogP contribution in [-0.4, -0.2) is 22.4 Å². The SMILES string of the molecule is O=C(O)Cc1ncc(CCl)c(OC(F)(F)F)c1C(F)F. The molecule has 0 aliphatic rings. The molecule has 20 heavy (non-hydrogen) atoms. The number of ether oxygens (including phenoxy) is 1. The van der Waals surface area contributed by atoms with Crippen molar-refractivity contribution >= 4 is 17.6 Å². The van der Waals surface area contributed by atoms with E-state index in [0.717, 1.165) is 6.20 Å². The fourth-order valence-corrected chi connectivity index (χ4v) is 1.62. The molecule has 0 aliphatic heterocycles. The van der Waals surface area contributed by atoms with E-state index in [-0.39, 0.29) is 0 Å². The van der Waals surface area contributed by atoms with E-state index in [4.69, 9.17) is 16.7 Å². The summed E-state index contributed by atoms with van der Waals surface area (Å²) in [6.07, 6.45) is -8.79. The van der Waals surface area contributed by atoms with Crippen molar-refractivity contribution in [3.63, 3.8) is 0 Å². The van der Waals surface area contributed by atoms with Crippen LogP contribution in [0.25, 0.3) is 0 Å². The summed E-state index contributed by atoms with van der Waals surface area (Å²) in [6.45, 7) is 0. The van der Waals surface area contributed by atoms with E-state index in [1.165, 1.54) is 0 Å². The number of hydrogen-bond donors (Lipinski definition) is 1. The summed E-state index contributed by atoms with van der Waals surface area (Å²) >= 11 is 5.35. The second-order valence-corrected chi connectivity index (χ2v) is 3.79. The molecule has 0 spiro atoms. The van der Waals surface area contributed by atoms with E-state index in [1.807, 2.05) is 0 Å². The fraction of sp³-hybridized carbons (Fsp3) is 0.400. The van der Waals surface area contributed by atoms with Gasteiger partial charge >= 0.3 is 12.3 Å². The van der Waals surface area contributed by atoms with Crippen LogP contribution in [0.1, 0.15) is 23.2 Å². The van der Waals surface area contributed by atoms with Gasteiger partial charge in [-0.2, -0.15) is 0 Å². The number of carboxylic acid groups (broad SMARTS) is 1. The van der Waals surface area contributed by atoms with Crippen LogP contribution in [0.2, 0.25) is 0 Å². The molecule has 1 heterocycles. The first-order chi connectivity index (χ1) is 9.15. The second-order valence-electron chi connectivity index (χ2n) is 3.53. The summed E-state index contributed by atoms with van der Waals surface area (Å²) in [7, 11) is 0. The van der Waals surface area contributed by atoms with Crippen LogP contribution < -0.4 is 4.74 Å². The van der Waals surface area contributed by atoms with Gasteiger partial charge in [-0.1, -0.05) is 0 Å². The maximum atomic E-state index is 12.9. The van der Waals surface area contributed by atoms with E-state index in [1.54, 1.807) is 0 Å². The number of aliphatic carboxylic acids is 1.